The first-order chi connectivity index (χ1) is 45.8. The van der Waals surface area contributed by atoms with Gasteiger partial charge in [-0.3, -0.25) is 4.57 Å². The third-order valence-corrected chi connectivity index (χ3v) is 9.92. The van der Waals surface area contributed by atoms with Crippen molar-refractivity contribution >= 4 is 65.6 Å². The molecule has 9 aromatic carbocycles. The van der Waals surface area contributed by atoms with E-state index in [1.165, 1.54) is 0 Å². The molecule has 4 aromatic heterocycles. The van der Waals surface area contributed by atoms with E-state index in [1.807, 2.05) is 0 Å². The van der Waals surface area contributed by atoms with Crippen LogP contribution < -0.4 is 0 Å². The van der Waals surface area contributed by atoms with Crippen LogP contribution in [0.1, 0.15) is 48.0 Å². The lowest BCUT2D eigenvalue weighted by atomic mass is 9.99. The second kappa shape index (κ2) is 14.0. The van der Waals surface area contributed by atoms with Crippen LogP contribution in [0.2, 0.25) is 0 Å². The highest BCUT2D eigenvalue weighted by Gasteiger charge is 2.24. The molecule has 13 aromatic rings. The van der Waals surface area contributed by atoms with Gasteiger partial charge in [0.15, 0.2) is 11.6 Å². The fourth-order valence-electron chi connectivity index (χ4n) is 7.33. The van der Waals surface area contributed by atoms with Crippen LogP contribution in [-0.2, 0) is 0 Å². The fourth-order valence-corrected chi connectivity index (χ4v) is 7.33. The summed E-state index contributed by atoms with van der Waals surface area (Å²) < 4.78 is 326. The van der Waals surface area contributed by atoms with Gasteiger partial charge in [0.2, 0.25) is 5.95 Å². The summed E-state index contributed by atoms with van der Waals surface area (Å²) in [6.45, 7) is 0. The van der Waals surface area contributed by atoms with Crippen LogP contribution in [0.15, 0.2) is 216 Å². The van der Waals surface area contributed by atoms with Crippen molar-refractivity contribution in [3.8, 4) is 56.7 Å². The summed E-state index contributed by atoms with van der Waals surface area (Å²) in [6, 6.07) is -35.0. The Morgan fingerprint density at radius 2 is 0.889 bits per heavy atom. The summed E-state index contributed by atoms with van der Waals surface area (Å²) in [7, 11) is 0. The molecule has 0 fully saturated rings. The Bertz CT molecular complexity index is 5900. The highest BCUT2D eigenvalue weighted by molar-refractivity contribution is 6.24. The Balaban J connectivity index is 1.31. The van der Waals surface area contributed by atoms with E-state index in [0.717, 1.165) is 4.57 Å². The summed E-state index contributed by atoms with van der Waals surface area (Å²) in [5.41, 5.74) is -10.5. The summed E-state index contributed by atoms with van der Waals surface area (Å²) in [6.07, 6.45) is 0. The van der Waals surface area contributed by atoms with Crippen molar-refractivity contribution in [1.82, 2.24) is 24.1 Å². The zero-order chi connectivity index (χ0) is 71.9. The number of hydrogen-bond donors (Lipinski definition) is 0. The number of rotatable bonds is 6. The highest BCUT2D eigenvalue weighted by Crippen LogP contribution is 2.43. The molecule has 0 radical (unpaired) electrons. The van der Waals surface area contributed by atoms with Crippen molar-refractivity contribution in [1.29, 1.82) is 0 Å². The Kier molecular flexibility index (Phi) is 3.35. The molecule has 63 heavy (non-hydrogen) atoms. The molecule has 0 amide bonds. The molecule has 6 heteroatoms. The molecule has 0 saturated heterocycles. The van der Waals surface area contributed by atoms with Crippen LogP contribution in [0.3, 0.4) is 0 Å². The van der Waals surface area contributed by atoms with E-state index in [4.69, 9.17) is 33.2 Å². The number of furan rings is 1. The van der Waals surface area contributed by atoms with E-state index in [1.54, 1.807) is 0 Å². The van der Waals surface area contributed by atoms with Crippen molar-refractivity contribution in [3.63, 3.8) is 0 Å². The summed E-state index contributed by atoms with van der Waals surface area (Å²) in [4.78, 5) is 13.5. The number of aromatic nitrogens is 5. The van der Waals surface area contributed by atoms with Crippen LogP contribution in [0.25, 0.3) is 122 Å². The Morgan fingerprint density at radius 1 is 0.365 bits per heavy atom. The predicted molar refractivity (Wildman–Crippen MR) is 258 cm³/mol. The first-order valence-electron chi connectivity index (χ1n) is 35.8. The quantitative estimate of drug-likeness (QED) is 0.167. The average Bonchev–Trinajstić information content (AvgIpc) is 1.50. The molecule has 0 unspecified atom stereocenters. The van der Waals surface area contributed by atoms with Gasteiger partial charge in [0, 0.05) is 49.1 Å². The summed E-state index contributed by atoms with van der Waals surface area (Å²) >= 11 is 0. The molecule has 4 heterocycles. The normalized spacial score (nSPS) is 19.6. The fraction of sp³-hybridized carbons (Fsp3) is 0. The van der Waals surface area contributed by atoms with E-state index in [9.17, 15) is 19.2 Å². The average molecular weight is 841 g/mol. The maximum atomic E-state index is 10.3. The minimum atomic E-state index is -1.14. The Hall–Kier alpha value is -8.61. The molecule has 0 N–H and O–H groups in total. The van der Waals surface area contributed by atoms with E-state index in [2.05, 4.69) is 15.0 Å². The summed E-state index contributed by atoms with van der Waals surface area (Å²) in [5, 5.41) is -4.14. The molecule has 0 aliphatic heterocycles. The molecule has 0 aliphatic rings. The lowest BCUT2D eigenvalue weighted by Crippen LogP contribution is -2.07. The van der Waals surface area contributed by atoms with E-state index in [-0.39, 0.29) is 0 Å². The highest BCUT2D eigenvalue weighted by atomic mass is 16.3. The first kappa shape index (κ1) is 15.1. The van der Waals surface area contributed by atoms with Gasteiger partial charge >= 0.3 is 0 Å². The number of benzene rings is 9. The van der Waals surface area contributed by atoms with Crippen LogP contribution in [0.5, 0.6) is 0 Å². The zero-order valence-electron chi connectivity index (χ0n) is 66.1. The van der Waals surface area contributed by atoms with Crippen LogP contribution in [-0.4, -0.2) is 24.1 Å². The predicted octanol–water partition coefficient (Wildman–Crippen LogP) is 14.6. The van der Waals surface area contributed by atoms with Crippen molar-refractivity contribution in [2.45, 2.75) is 0 Å². The van der Waals surface area contributed by atoms with Gasteiger partial charge in [-0.25, -0.2) is 4.98 Å². The number of fused-ring (bicyclic) bond motifs is 10. The second-order valence-electron chi connectivity index (χ2n) is 13.3. The molecule has 294 valence electrons. The third-order valence-electron chi connectivity index (χ3n) is 9.92. The Morgan fingerprint density at radius 3 is 1.56 bits per heavy atom. The van der Waals surface area contributed by atoms with Gasteiger partial charge in [0.1, 0.15) is 11.2 Å². The molecule has 13 rings (SSSR count). The van der Waals surface area contributed by atoms with Gasteiger partial charge in [-0.2, -0.15) is 9.97 Å². The molecule has 0 spiro atoms. The molecule has 0 saturated carbocycles. The molecule has 0 aliphatic carbocycles. The summed E-state index contributed by atoms with van der Waals surface area (Å²) in [5.74, 6) is -3.11. The number of hydrogen-bond acceptors (Lipinski definition) is 4. The van der Waals surface area contributed by atoms with Gasteiger partial charge in [-0.1, -0.05) is 175 Å². The van der Waals surface area contributed by atoms with Gasteiger partial charge in [0.25, 0.3) is 0 Å². The zero-order valence-corrected chi connectivity index (χ0v) is 31.1. The van der Waals surface area contributed by atoms with Crippen molar-refractivity contribution in [2.24, 2.45) is 0 Å². The number of para-hydroxylation sites is 2. The molecule has 6 nitrogen and oxygen atoms in total. The monoisotopic (exact) mass is 841 g/mol. The number of nitrogens with zero attached hydrogens (tertiary/aromatic N) is 5. The van der Waals surface area contributed by atoms with Crippen molar-refractivity contribution in [3.05, 3.63) is 211 Å². The molecule has 0 atom stereocenters. The minimum Gasteiger partial charge on any atom is -0.456 e. The van der Waals surface area contributed by atoms with Crippen LogP contribution >= 0.6 is 0 Å². The smallest absolute Gasteiger partial charge is 0.238 e. The SMILES string of the molecule is [2H]c1c([2H])c([2H])c(-c2nc(-c3c([2H])c([2H])c(-c4c([2H])c([2H])c([2H])c([2H])c4[2H])c([2H])c3[2H])nc(-n3c4c([2H])c([2H])c([2H])c([2H])c4c4c([2H])c([2H])c5c6c([2H])c([2H])c([2H])c([2H])c6n(-c6c([2H])c([2H])c7oc8c([2H])c([2H])c([2H])c(-c9c([2H])c([2H])c([2H])c([2H])c9[2H])c8c7c6[2H])c5c43)n2)c([2H])c1[2H]. The standard InChI is InChI=1S/C57H35N5O/c1-4-15-36(16-5-1)37-27-29-40(30-28-37)56-58-55(39-19-8-3-9-20-39)59-57(60-56)62-49-25-13-11-22-44(49)46-33-32-45-43-21-10-12-24-48(43)61(53(45)54(46)62)41-31-34-50-47(35-41)52-42(23-14-26-51(52)63-50)38-17-6-2-7-18-38/h1-35H/i1D,2D,3D,4D,5D,6D,7D,8D,9D,10D,11D,12D,13D,14D,15D,16D,17D,18D,19D,20D,21D,22D,23D,24D,25D,26D,27D,28D,29D,30D,31D,32D,33D,34D,35D. The molecular weight excluding hydrogens is 771 g/mol. The van der Waals surface area contributed by atoms with Crippen LogP contribution in [0.4, 0.5) is 0 Å². The maximum Gasteiger partial charge on any atom is 0.238 e. The first-order valence-corrected chi connectivity index (χ1v) is 18.3. The van der Waals surface area contributed by atoms with Gasteiger partial charge in [-0.05, 0) is 58.5 Å². The lowest BCUT2D eigenvalue weighted by Gasteiger charge is -2.13. The lowest BCUT2D eigenvalue weighted by molar-refractivity contribution is 0.669. The van der Waals surface area contributed by atoms with E-state index < -0.39 is 334 Å². The second-order valence-corrected chi connectivity index (χ2v) is 13.3. The Labute approximate surface area is 410 Å². The molecule has 0 bridgehead atoms. The maximum absolute atomic E-state index is 10.3. The molecular formula is C57H35N5O. The van der Waals surface area contributed by atoms with Gasteiger partial charge in [0.05, 0.1) is 70.0 Å². The third kappa shape index (κ3) is 5.55. The van der Waals surface area contributed by atoms with Gasteiger partial charge in [-0.15, -0.1) is 0 Å². The van der Waals surface area contributed by atoms with E-state index >= 15 is 0 Å². The van der Waals surface area contributed by atoms with Crippen molar-refractivity contribution in [2.75, 3.05) is 0 Å². The van der Waals surface area contributed by atoms with Crippen molar-refractivity contribution < 1.29 is 52.4 Å². The van der Waals surface area contributed by atoms with Crippen LogP contribution in [0, 0.1) is 0 Å². The largest absolute Gasteiger partial charge is 0.456 e. The van der Waals surface area contributed by atoms with Gasteiger partial charge < -0.3 is 8.98 Å². The minimum absolute atomic E-state index is 0.627. The van der Waals surface area contributed by atoms with E-state index in [0.29, 0.717) is 4.57 Å². The topological polar surface area (TPSA) is 61.7 Å².